The average Bonchev–Trinajstić information content (AvgIpc) is 3.44. The van der Waals surface area contributed by atoms with Crippen LogP contribution in [0.1, 0.15) is 59.8 Å². The van der Waals surface area contributed by atoms with Gasteiger partial charge < -0.3 is 19.9 Å². The van der Waals surface area contributed by atoms with Crippen LogP contribution in [0.2, 0.25) is 0 Å². The number of ether oxygens (including phenoxy) is 1. The predicted octanol–water partition coefficient (Wildman–Crippen LogP) is 3.12. The highest BCUT2D eigenvalue weighted by Gasteiger charge is 2.35. The van der Waals surface area contributed by atoms with E-state index in [0.717, 1.165) is 45.0 Å². The minimum absolute atomic E-state index is 0. The summed E-state index contributed by atoms with van der Waals surface area (Å²) in [5.41, 5.74) is -0.490. The number of hydrogen-bond donors (Lipinski definition) is 1. The molecule has 1 aliphatic heterocycles. The number of guanidine groups is 1. The van der Waals surface area contributed by atoms with E-state index in [1.807, 2.05) is 32.6 Å². The third-order valence-electron chi connectivity index (χ3n) is 5.25. The maximum absolute atomic E-state index is 12.8. The number of rotatable bonds is 8. The van der Waals surface area contributed by atoms with E-state index in [1.54, 1.807) is 0 Å². The zero-order valence-corrected chi connectivity index (χ0v) is 22.9. The van der Waals surface area contributed by atoms with Gasteiger partial charge in [0.05, 0.1) is 5.75 Å². The van der Waals surface area contributed by atoms with E-state index in [9.17, 15) is 13.2 Å². The smallest absolute Gasteiger partial charge is 0.410 e. The lowest BCUT2D eigenvalue weighted by Gasteiger charge is -2.40. The van der Waals surface area contributed by atoms with Crippen molar-refractivity contribution in [3.05, 3.63) is 0 Å². The van der Waals surface area contributed by atoms with E-state index in [1.165, 1.54) is 19.1 Å². The van der Waals surface area contributed by atoms with Gasteiger partial charge in [0.2, 0.25) is 0 Å². The number of nitrogens with zero attached hydrogens (tertiary/aromatic N) is 3. The summed E-state index contributed by atoms with van der Waals surface area (Å²) in [7, 11) is -2.95. The first-order valence-electron chi connectivity index (χ1n) is 11.2. The minimum Gasteiger partial charge on any atom is -0.444 e. The fourth-order valence-electron chi connectivity index (χ4n) is 3.60. The Labute approximate surface area is 205 Å². The van der Waals surface area contributed by atoms with Crippen LogP contribution in [0.25, 0.3) is 0 Å². The summed E-state index contributed by atoms with van der Waals surface area (Å²) in [6.07, 6.45) is 5.72. The Morgan fingerprint density at radius 2 is 1.81 bits per heavy atom. The first kappa shape index (κ1) is 28.3. The largest absolute Gasteiger partial charge is 0.444 e. The molecule has 0 atom stereocenters. The predicted molar refractivity (Wildman–Crippen MR) is 136 cm³/mol. The Hall–Kier alpha value is -0.780. The monoisotopic (exact) mass is 572 g/mol. The van der Waals surface area contributed by atoms with Crippen LogP contribution in [-0.2, 0) is 14.6 Å². The summed E-state index contributed by atoms with van der Waals surface area (Å²) in [5.74, 6) is 1.60. The lowest BCUT2D eigenvalue weighted by Crippen LogP contribution is -2.52. The molecule has 0 aromatic heterocycles. The Kier molecular flexibility index (Phi) is 11.4. The zero-order chi connectivity index (χ0) is 22.4. The number of hydrogen-bond acceptors (Lipinski definition) is 5. The highest BCUT2D eigenvalue weighted by atomic mass is 127. The molecule has 1 aliphatic carbocycles. The van der Waals surface area contributed by atoms with Crippen molar-refractivity contribution in [1.82, 2.24) is 15.1 Å². The van der Waals surface area contributed by atoms with Crippen molar-refractivity contribution >= 4 is 45.9 Å². The molecule has 2 aliphatic rings. The van der Waals surface area contributed by atoms with Crippen molar-refractivity contribution in [3.8, 4) is 0 Å². The molecule has 8 nitrogen and oxygen atoms in total. The number of carbonyl (C=O) groups excluding carboxylic acids is 1. The molecule has 1 saturated heterocycles. The van der Waals surface area contributed by atoms with Gasteiger partial charge in [0.25, 0.3) is 0 Å². The number of piperidine rings is 1. The Morgan fingerprint density at radius 1 is 1.19 bits per heavy atom. The van der Waals surface area contributed by atoms with Crippen molar-refractivity contribution < 1.29 is 17.9 Å². The van der Waals surface area contributed by atoms with Crippen LogP contribution in [-0.4, -0.2) is 86.6 Å². The molecule has 10 heteroatoms. The molecule has 1 N–H and O–H groups in total. The van der Waals surface area contributed by atoms with E-state index in [4.69, 9.17) is 4.74 Å². The van der Waals surface area contributed by atoms with Gasteiger partial charge in [-0.1, -0.05) is 0 Å². The fraction of sp³-hybridized carbons (Fsp3) is 0.905. The highest BCUT2D eigenvalue weighted by molar-refractivity contribution is 14.0. The zero-order valence-electron chi connectivity index (χ0n) is 19.7. The fourth-order valence-corrected chi connectivity index (χ4v) is 4.25. The standard InChI is InChI=1S/C21H40N4O4S.HI/c1-6-22-19(23-12-7-15-30(5,27)28)24-13-10-18(11-14-24)25(16-17-8-9-17)20(26)29-21(2,3)4;/h17-18H,6-16H2,1-5H3,(H,22,23);1H. The molecule has 1 saturated carbocycles. The van der Waals surface area contributed by atoms with E-state index in [-0.39, 0.29) is 41.9 Å². The molecule has 31 heavy (non-hydrogen) atoms. The van der Waals surface area contributed by atoms with Crippen LogP contribution in [0.15, 0.2) is 4.99 Å². The lowest BCUT2D eigenvalue weighted by atomic mass is 10.0. The van der Waals surface area contributed by atoms with Crippen LogP contribution in [0.3, 0.4) is 0 Å². The number of likely N-dealkylation sites (tertiary alicyclic amines) is 1. The molecule has 0 aromatic carbocycles. The second-order valence-corrected chi connectivity index (χ2v) is 11.8. The maximum Gasteiger partial charge on any atom is 0.410 e. The molecule has 1 amide bonds. The molecule has 0 aromatic rings. The summed E-state index contributed by atoms with van der Waals surface area (Å²) in [6, 6.07) is 0.185. The molecule has 2 fully saturated rings. The number of carbonyl (C=O) groups is 1. The average molecular weight is 573 g/mol. The normalized spacial score (nSPS) is 18.4. The molecule has 0 bridgehead atoms. The lowest BCUT2D eigenvalue weighted by molar-refractivity contribution is 0.00928. The Bertz CT molecular complexity index is 697. The summed E-state index contributed by atoms with van der Waals surface area (Å²) >= 11 is 0. The van der Waals surface area contributed by atoms with Gasteiger partial charge in [0, 0.05) is 45.0 Å². The third kappa shape index (κ3) is 11.1. The van der Waals surface area contributed by atoms with E-state index in [2.05, 4.69) is 15.2 Å². The Morgan fingerprint density at radius 3 is 2.29 bits per heavy atom. The van der Waals surface area contributed by atoms with Crippen molar-refractivity contribution in [2.45, 2.75) is 71.4 Å². The van der Waals surface area contributed by atoms with E-state index >= 15 is 0 Å². The molecule has 1 heterocycles. The van der Waals surface area contributed by atoms with Crippen LogP contribution in [0.4, 0.5) is 4.79 Å². The quantitative estimate of drug-likeness (QED) is 0.208. The van der Waals surface area contributed by atoms with Gasteiger partial charge in [-0.25, -0.2) is 13.2 Å². The van der Waals surface area contributed by atoms with Gasteiger partial charge in [0.15, 0.2) is 5.96 Å². The van der Waals surface area contributed by atoms with Crippen molar-refractivity contribution in [1.29, 1.82) is 0 Å². The first-order valence-corrected chi connectivity index (χ1v) is 13.2. The molecule has 0 spiro atoms. The highest BCUT2D eigenvalue weighted by Crippen LogP contribution is 2.32. The molecule has 2 rings (SSSR count). The van der Waals surface area contributed by atoms with Gasteiger partial charge in [-0.05, 0) is 65.7 Å². The second-order valence-electron chi connectivity index (χ2n) is 9.51. The summed E-state index contributed by atoms with van der Waals surface area (Å²) in [4.78, 5) is 21.6. The van der Waals surface area contributed by atoms with Crippen LogP contribution in [0.5, 0.6) is 0 Å². The topological polar surface area (TPSA) is 91.3 Å². The van der Waals surface area contributed by atoms with Gasteiger partial charge in [-0.2, -0.15) is 0 Å². The van der Waals surface area contributed by atoms with E-state index in [0.29, 0.717) is 18.9 Å². The first-order chi connectivity index (χ1) is 14.0. The second kappa shape index (κ2) is 12.5. The van der Waals surface area contributed by atoms with Crippen molar-refractivity contribution in [2.75, 3.05) is 44.7 Å². The summed E-state index contributed by atoms with van der Waals surface area (Å²) in [6.45, 7) is 11.4. The number of sulfone groups is 1. The maximum atomic E-state index is 12.8. The van der Waals surface area contributed by atoms with E-state index < -0.39 is 15.4 Å². The van der Waals surface area contributed by atoms with Gasteiger partial charge in [-0.3, -0.25) is 4.99 Å². The molecule has 182 valence electrons. The van der Waals surface area contributed by atoms with Gasteiger partial charge in [0.1, 0.15) is 15.4 Å². The van der Waals surface area contributed by atoms with Crippen LogP contribution in [0, 0.1) is 5.92 Å². The summed E-state index contributed by atoms with van der Waals surface area (Å²) in [5, 5.41) is 3.31. The van der Waals surface area contributed by atoms with Gasteiger partial charge >= 0.3 is 6.09 Å². The molecular formula is C21H41IN4O4S. The third-order valence-corrected chi connectivity index (χ3v) is 6.28. The van der Waals surface area contributed by atoms with Crippen LogP contribution < -0.4 is 5.32 Å². The number of halogens is 1. The molecule has 0 unspecified atom stereocenters. The van der Waals surface area contributed by atoms with Crippen molar-refractivity contribution in [2.24, 2.45) is 10.9 Å². The minimum atomic E-state index is -2.95. The number of amides is 1. The summed E-state index contributed by atoms with van der Waals surface area (Å²) < 4.78 is 28.3. The van der Waals surface area contributed by atoms with Crippen LogP contribution >= 0.6 is 24.0 Å². The Balaban J connectivity index is 0.00000480. The number of aliphatic imine (C=N–C) groups is 1. The van der Waals surface area contributed by atoms with Gasteiger partial charge in [-0.15, -0.1) is 24.0 Å². The number of nitrogens with one attached hydrogen (secondary N) is 1. The molecule has 0 radical (unpaired) electrons. The SMILES string of the molecule is CCNC(=NCCCS(C)(=O)=O)N1CCC(N(CC2CC2)C(=O)OC(C)(C)C)CC1.I. The molecular weight excluding hydrogens is 531 g/mol. The van der Waals surface area contributed by atoms with Crippen molar-refractivity contribution in [3.63, 3.8) is 0 Å².